The lowest BCUT2D eigenvalue weighted by Crippen LogP contribution is -2.31. The molecule has 3 aromatic heterocycles. The minimum Gasteiger partial charge on any atom is -0.273 e. The average molecular weight is 390 g/mol. The molecule has 2 fully saturated rings. The summed E-state index contributed by atoms with van der Waals surface area (Å²) in [5.74, 6) is 0.572. The van der Waals surface area contributed by atoms with E-state index in [9.17, 15) is 9.59 Å². The number of H-pyrrole nitrogens is 1. The third-order valence-corrected chi connectivity index (χ3v) is 5.31. The molecule has 0 aliphatic heterocycles. The molecule has 3 heterocycles. The van der Waals surface area contributed by atoms with E-state index < -0.39 is 11.2 Å². The van der Waals surface area contributed by atoms with Crippen molar-refractivity contribution in [3.05, 3.63) is 54.8 Å². The van der Waals surface area contributed by atoms with Crippen LogP contribution < -0.4 is 11.2 Å². The van der Waals surface area contributed by atoms with Crippen LogP contribution in [0.2, 0.25) is 10.2 Å². The number of rotatable bonds is 3. The SMILES string of the molecule is O=c1[nH]c(=O)n(-c2c(C3CC3)ncnc2C2CC2)c2nc(Cl)cc(Cl)c12. The van der Waals surface area contributed by atoms with Gasteiger partial charge in [0.05, 0.1) is 22.1 Å². The lowest BCUT2D eigenvalue weighted by molar-refractivity contribution is 0.830. The first kappa shape index (κ1) is 16.0. The van der Waals surface area contributed by atoms with E-state index in [2.05, 4.69) is 19.9 Å². The molecule has 2 saturated carbocycles. The zero-order valence-electron chi connectivity index (χ0n) is 13.5. The van der Waals surface area contributed by atoms with Gasteiger partial charge in [0.25, 0.3) is 5.56 Å². The van der Waals surface area contributed by atoms with Crippen molar-refractivity contribution >= 4 is 34.2 Å². The maximum absolute atomic E-state index is 12.8. The Balaban J connectivity index is 1.95. The molecule has 2 aliphatic carbocycles. The van der Waals surface area contributed by atoms with Crippen LogP contribution in [0.25, 0.3) is 16.7 Å². The highest BCUT2D eigenvalue weighted by Gasteiger charge is 2.36. The molecule has 0 aromatic carbocycles. The van der Waals surface area contributed by atoms with E-state index in [1.54, 1.807) is 6.33 Å². The van der Waals surface area contributed by atoms with Crippen LogP contribution in [-0.2, 0) is 0 Å². The number of halogens is 2. The van der Waals surface area contributed by atoms with Crippen LogP contribution in [0.1, 0.15) is 48.9 Å². The summed E-state index contributed by atoms with van der Waals surface area (Å²) in [5, 5.41) is 0.384. The second kappa shape index (κ2) is 5.62. The molecule has 26 heavy (non-hydrogen) atoms. The van der Waals surface area contributed by atoms with Crippen molar-refractivity contribution < 1.29 is 0 Å². The molecule has 1 N–H and O–H groups in total. The van der Waals surface area contributed by atoms with Gasteiger partial charge in [-0.1, -0.05) is 23.2 Å². The van der Waals surface area contributed by atoms with E-state index >= 15 is 0 Å². The quantitative estimate of drug-likeness (QED) is 0.694. The van der Waals surface area contributed by atoms with Crippen molar-refractivity contribution in [2.75, 3.05) is 0 Å². The van der Waals surface area contributed by atoms with Crippen LogP contribution in [0.3, 0.4) is 0 Å². The fraction of sp³-hybridized carbons (Fsp3) is 0.353. The molecule has 132 valence electrons. The van der Waals surface area contributed by atoms with Gasteiger partial charge in [-0.05, 0) is 31.7 Å². The Bertz CT molecular complexity index is 1150. The van der Waals surface area contributed by atoms with Gasteiger partial charge in [-0.2, -0.15) is 0 Å². The van der Waals surface area contributed by atoms with Crippen LogP contribution in [0.4, 0.5) is 0 Å². The predicted octanol–water partition coefficient (Wildman–Crippen LogP) is 2.93. The van der Waals surface area contributed by atoms with E-state index in [-0.39, 0.29) is 33.0 Å². The predicted molar refractivity (Wildman–Crippen MR) is 97.5 cm³/mol. The van der Waals surface area contributed by atoms with E-state index in [1.165, 1.54) is 10.6 Å². The summed E-state index contributed by atoms with van der Waals surface area (Å²) in [7, 11) is 0. The minimum atomic E-state index is -0.591. The highest BCUT2D eigenvalue weighted by molar-refractivity contribution is 6.37. The van der Waals surface area contributed by atoms with Crippen molar-refractivity contribution in [2.45, 2.75) is 37.5 Å². The third kappa shape index (κ3) is 2.46. The summed E-state index contributed by atoms with van der Waals surface area (Å²) < 4.78 is 1.37. The fourth-order valence-corrected chi connectivity index (χ4v) is 3.83. The number of fused-ring (bicyclic) bond motifs is 1. The summed E-state index contributed by atoms with van der Waals surface area (Å²) in [6.45, 7) is 0. The first-order valence-electron chi connectivity index (χ1n) is 8.41. The first-order valence-corrected chi connectivity index (χ1v) is 9.16. The minimum absolute atomic E-state index is 0.110. The van der Waals surface area contributed by atoms with Gasteiger partial charge in [-0.25, -0.2) is 24.3 Å². The van der Waals surface area contributed by atoms with E-state index in [4.69, 9.17) is 23.2 Å². The fourth-order valence-electron chi connectivity index (χ4n) is 3.31. The van der Waals surface area contributed by atoms with Crippen molar-refractivity contribution in [3.63, 3.8) is 0 Å². The molecule has 0 bridgehead atoms. The molecule has 0 radical (unpaired) electrons. The second-order valence-electron chi connectivity index (χ2n) is 6.76. The van der Waals surface area contributed by atoms with Gasteiger partial charge >= 0.3 is 5.69 Å². The van der Waals surface area contributed by atoms with Gasteiger partial charge in [0, 0.05) is 11.8 Å². The molecule has 2 aliphatic rings. The molecule has 0 atom stereocenters. The molecule has 3 aromatic rings. The Morgan fingerprint density at radius 1 is 1.04 bits per heavy atom. The number of hydrogen-bond acceptors (Lipinski definition) is 5. The molecule has 5 rings (SSSR count). The summed E-state index contributed by atoms with van der Waals surface area (Å²) >= 11 is 12.3. The lowest BCUT2D eigenvalue weighted by Gasteiger charge is -2.16. The van der Waals surface area contributed by atoms with Crippen molar-refractivity contribution in [1.29, 1.82) is 0 Å². The van der Waals surface area contributed by atoms with Gasteiger partial charge < -0.3 is 0 Å². The zero-order valence-corrected chi connectivity index (χ0v) is 15.0. The summed E-state index contributed by atoms with van der Waals surface area (Å²) in [6.07, 6.45) is 5.60. The number of aromatic amines is 1. The normalized spacial score (nSPS) is 17.0. The Morgan fingerprint density at radius 3 is 2.23 bits per heavy atom. The van der Waals surface area contributed by atoms with E-state index in [0.29, 0.717) is 5.69 Å². The van der Waals surface area contributed by atoms with E-state index in [0.717, 1.165) is 37.1 Å². The van der Waals surface area contributed by atoms with E-state index in [1.807, 2.05) is 0 Å². The molecule has 0 saturated heterocycles. The van der Waals surface area contributed by atoms with Crippen LogP contribution in [0.5, 0.6) is 0 Å². The van der Waals surface area contributed by atoms with Gasteiger partial charge in [-0.3, -0.25) is 9.78 Å². The Kier molecular flexibility index (Phi) is 3.45. The summed E-state index contributed by atoms with van der Waals surface area (Å²) in [6, 6.07) is 1.39. The Morgan fingerprint density at radius 2 is 1.65 bits per heavy atom. The number of hydrogen-bond donors (Lipinski definition) is 1. The van der Waals surface area contributed by atoms with Gasteiger partial charge in [-0.15, -0.1) is 0 Å². The molecular weight excluding hydrogens is 377 g/mol. The number of nitrogens with one attached hydrogen (secondary N) is 1. The second-order valence-corrected chi connectivity index (χ2v) is 7.56. The standard InChI is InChI=1S/C17H13Cl2N5O2/c18-9-5-10(19)22-15-11(9)16(25)23-17(26)24(15)14-12(7-1-2-7)20-6-21-13(14)8-3-4-8/h5-8H,1-4H2,(H,23,25,26). The maximum atomic E-state index is 12.8. The van der Waals surface area contributed by atoms with Crippen molar-refractivity contribution in [3.8, 4) is 5.69 Å². The monoisotopic (exact) mass is 389 g/mol. The number of aromatic nitrogens is 5. The zero-order chi connectivity index (χ0) is 18.0. The van der Waals surface area contributed by atoms with Crippen molar-refractivity contribution in [2.24, 2.45) is 0 Å². The van der Waals surface area contributed by atoms with Gasteiger partial charge in [0.2, 0.25) is 0 Å². The molecule has 0 unspecified atom stereocenters. The number of nitrogens with zero attached hydrogens (tertiary/aromatic N) is 4. The Labute approximate surface area is 157 Å². The highest BCUT2D eigenvalue weighted by Crippen LogP contribution is 2.47. The van der Waals surface area contributed by atoms with Crippen molar-refractivity contribution in [1.82, 2.24) is 24.5 Å². The van der Waals surface area contributed by atoms with Gasteiger partial charge in [0.15, 0.2) is 5.65 Å². The number of pyridine rings is 1. The summed E-state index contributed by atoms with van der Waals surface area (Å²) in [5.41, 5.74) is 1.20. The average Bonchev–Trinajstić information content (AvgIpc) is 3.46. The molecular formula is C17H13Cl2N5O2. The maximum Gasteiger partial charge on any atom is 0.334 e. The third-order valence-electron chi connectivity index (χ3n) is 4.81. The topological polar surface area (TPSA) is 93.5 Å². The van der Waals surface area contributed by atoms with Crippen LogP contribution in [0, 0.1) is 0 Å². The highest BCUT2D eigenvalue weighted by atomic mass is 35.5. The summed E-state index contributed by atoms with van der Waals surface area (Å²) in [4.78, 5) is 40.6. The van der Waals surface area contributed by atoms with Gasteiger partial charge in [0.1, 0.15) is 16.9 Å². The van der Waals surface area contributed by atoms with Crippen LogP contribution in [0.15, 0.2) is 22.0 Å². The Hall–Kier alpha value is -2.25. The molecule has 7 nitrogen and oxygen atoms in total. The first-order chi connectivity index (χ1) is 12.5. The lowest BCUT2D eigenvalue weighted by atomic mass is 10.1. The molecule has 9 heteroatoms. The largest absolute Gasteiger partial charge is 0.334 e. The van der Waals surface area contributed by atoms with Crippen LogP contribution in [-0.4, -0.2) is 24.5 Å². The molecule has 0 spiro atoms. The smallest absolute Gasteiger partial charge is 0.273 e. The van der Waals surface area contributed by atoms with Crippen LogP contribution >= 0.6 is 23.2 Å². The molecule has 0 amide bonds.